The number of nitrogens with zero attached hydrogens (tertiary/aromatic N) is 2. The van der Waals surface area contributed by atoms with E-state index in [9.17, 15) is 4.39 Å². The third-order valence-corrected chi connectivity index (χ3v) is 1.96. The average molecular weight is 175 g/mol. The highest BCUT2D eigenvalue weighted by Crippen LogP contribution is 2.19. The van der Waals surface area contributed by atoms with E-state index in [4.69, 9.17) is 5.26 Å². The van der Waals surface area contributed by atoms with E-state index < -0.39 is 5.82 Å². The first-order valence-corrected chi connectivity index (χ1v) is 3.76. The van der Waals surface area contributed by atoms with E-state index in [1.165, 1.54) is 12.1 Å². The van der Waals surface area contributed by atoms with Crippen molar-refractivity contribution >= 4 is 10.9 Å². The summed E-state index contributed by atoms with van der Waals surface area (Å²) in [5.74, 6) is -0.500. The first kappa shape index (κ1) is 7.74. The second-order valence-electron chi connectivity index (χ2n) is 2.80. The van der Waals surface area contributed by atoms with Crippen LogP contribution in [0.25, 0.3) is 10.9 Å². The number of aromatic nitrogens is 2. The SMILES string of the molecule is Cc1n[nH]c2cc(C#N)c(F)cc12. The lowest BCUT2D eigenvalue weighted by molar-refractivity contribution is 0.626. The summed E-state index contributed by atoms with van der Waals surface area (Å²) >= 11 is 0. The molecule has 64 valence electrons. The van der Waals surface area contributed by atoms with Crippen molar-refractivity contribution in [3.05, 3.63) is 29.2 Å². The molecule has 0 bridgehead atoms. The second-order valence-corrected chi connectivity index (χ2v) is 2.80. The first-order valence-electron chi connectivity index (χ1n) is 3.76. The van der Waals surface area contributed by atoms with Gasteiger partial charge in [-0.2, -0.15) is 10.4 Å². The first-order chi connectivity index (χ1) is 6.22. The van der Waals surface area contributed by atoms with E-state index >= 15 is 0 Å². The van der Waals surface area contributed by atoms with E-state index in [0.717, 1.165) is 11.1 Å². The molecule has 0 radical (unpaired) electrons. The van der Waals surface area contributed by atoms with Gasteiger partial charge in [-0.05, 0) is 19.1 Å². The van der Waals surface area contributed by atoms with E-state index in [1.54, 1.807) is 13.0 Å². The Morgan fingerprint density at radius 1 is 1.54 bits per heavy atom. The summed E-state index contributed by atoms with van der Waals surface area (Å²) in [5, 5.41) is 15.9. The Kier molecular flexibility index (Phi) is 1.52. The van der Waals surface area contributed by atoms with Crippen LogP contribution in [-0.4, -0.2) is 10.2 Å². The molecule has 0 aliphatic carbocycles. The Labute approximate surface area is 73.8 Å². The molecule has 1 aromatic heterocycles. The van der Waals surface area contributed by atoms with Crippen molar-refractivity contribution in [2.75, 3.05) is 0 Å². The largest absolute Gasteiger partial charge is 0.278 e. The van der Waals surface area contributed by atoms with Crippen molar-refractivity contribution in [1.29, 1.82) is 5.26 Å². The highest BCUT2D eigenvalue weighted by atomic mass is 19.1. The molecule has 0 aliphatic rings. The number of fused-ring (bicyclic) bond motifs is 1. The number of hydrogen-bond acceptors (Lipinski definition) is 2. The fourth-order valence-corrected chi connectivity index (χ4v) is 1.26. The van der Waals surface area contributed by atoms with E-state index in [0.29, 0.717) is 5.52 Å². The number of halogens is 1. The fourth-order valence-electron chi connectivity index (χ4n) is 1.26. The molecule has 0 unspecified atom stereocenters. The van der Waals surface area contributed by atoms with Gasteiger partial charge in [0.2, 0.25) is 0 Å². The summed E-state index contributed by atoms with van der Waals surface area (Å²) in [4.78, 5) is 0. The Morgan fingerprint density at radius 3 is 3.00 bits per heavy atom. The molecule has 1 heterocycles. The Hall–Kier alpha value is -1.89. The summed E-state index contributed by atoms with van der Waals surface area (Å²) < 4.78 is 13.1. The molecule has 1 aromatic carbocycles. The van der Waals surface area contributed by atoms with E-state index in [1.807, 2.05) is 0 Å². The molecule has 0 saturated carbocycles. The molecule has 0 aliphatic heterocycles. The van der Waals surface area contributed by atoms with E-state index in [2.05, 4.69) is 10.2 Å². The number of rotatable bonds is 0. The maximum atomic E-state index is 13.1. The predicted octanol–water partition coefficient (Wildman–Crippen LogP) is 1.88. The van der Waals surface area contributed by atoms with Gasteiger partial charge in [0.25, 0.3) is 0 Å². The van der Waals surface area contributed by atoms with E-state index in [-0.39, 0.29) is 5.56 Å². The van der Waals surface area contributed by atoms with Crippen molar-refractivity contribution < 1.29 is 4.39 Å². The standard InChI is InChI=1S/C9H6FN3/c1-5-7-3-8(10)6(4-11)2-9(7)13-12-5/h2-3H,1H3,(H,12,13). The third kappa shape index (κ3) is 1.05. The number of hydrogen-bond donors (Lipinski definition) is 1. The topological polar surface area (TPSA) is 52.5 Å². The molecule has 0 saturated heterocycles. The van der Waals surface area contributed by atoms with Crippen LogP contribution in [0, 0.1) is 24.1 Å². The minimum Gasteiger partial charge on any atom is -0.278 e. The van der Waals surface area contributed by atoms with Crippen LogP contribution in [0.1, 0.15) is 11.3 Å². The molecule has 2 rings (SSSR count). The lowest BCUT2D eigenvalue weighted by atomic mass is 10.1. The van der Waals surface area contributed by atoms with Crippen molar-refractivity contribution in [3.63, 3.8) is 0 Å². The number of aromatic amines is 1. The van der Waals surface area contributed by atoms with Crippen molar-refractivity contribution in [2.24, 2.45) is 0 Å². The molecular weight excluding hydrogens is 169 g/mol. The number of H-pyrrole nitrogens is 1. The Bertz CT molecular complexity index is 507. The third-order valence-electron chi connectivity index (χ3n) is 1.96. The van der Waals surface area contributed by atoms with Crippen LogP contribution in [0.5, 0.6) is 0 Å². The second kappa shape index (κ2) is 2.56. The average Bonchev–Trinajstić information content (AvgIpc) is 2.47. The van der Waals surface area contributed by atoms with Gasteiger partial charge in [0.15, 0.2) is 0 Å². The van der Waals surface area contributed by atoms with Gasteiger partial charge < -0.3 is 0 Å². The minimum absolute atomic E-state index is 0.0381. The molecule has 2 aromatic rings. The smallest absolute Gasteiger partial charge is 0.141 e. The number of benzene rings is 1. The highest BCUT2D eigenvalue weighted by molar-refractivity contribution is 5.82. The molecule has 0 amide bonds. The lowest BCUT2D eigenvalue weighted by Gasteiger charge is -1.93. The van der Waals surface area contributed by atoms with Gasteiger partial charge >= 0.3 is 0 Å². The molecule has 0 spiro atoms. The zero-order valence-corrected chi connectivity index (χ0v) is 6.93. The molecule has 1 N–H and O–H groups in total. The van der Waals surface area contributed by atoms with Crippen molar-refractivity contribution in [2.45, 2.75) is 6.92 Å². The monoisotopic (exact) mass is 175 g/mol. The van der Waals surface area contributed by atoms with Crippen molar-refractivity contribution in [3.8, 4) is 6.07 Å². The van der Waals surface area contributed by atoms with Crippen LogP contribution in [0.3, 0.4) is 0 Å². The van der Waals surface area contributed by atoms with Gasteiger partial charge in [0.05, 0.1) is 16.8 Å². The van der Waals surface area contributed by atoms with Crippen LogP contribution in [0.2, 0.25) is 0 Å². The Balaban J connectivity index is 2.85. The minimum atomic E-state index is -0.500. The molecule has 4 heteroatoms. The van der Waals surface area contributed by atoms with Gasteiger partial charge in [-0.15, -0.1) is 0 Å². The normalized spacial score (nSPS) is 10.2. The maximum Gasteiger partial charge on any atom is 0.141 e. The predicted molar refractivity (Wildman–Crippen MR) is 45.5 cm³/mol. The maximum absolute atomic E-state index is 13.1. The van der Waals surface area contributed by atoms with Gasteiger partial charge in [-0.3, -0.25) is 5.10 Å². The Morgan fingerprint density at radius 2 is 2.31 bits per heavy atom. The van der Waals surface area contributed by atoms with Crippen LogP contribution in [0.15, 0.2) is 12.1 Å². The van der Waals surface area contributed by atoms with Gasteiger partial charge in [-0.25, -0.2) is 4.39 Å². The quantitative estimate of drug-likeness (QED) is 0.664. The summed E-state index contributed by atoms with van der Waals surface area (Å²) in [6.07, 6.45) is 0. The molecular formula is C9H6FN3. The number of nitriles is 1. The molecule has 0 fully saturated rings. The highest BCUT2D eigenvalue weighted by Gasteiger charge is 2.07. The number of aryl methyl sites for hydroxylation is 1. The zero-order valence-electron chi connectivity index (χ0n) is 6.93. The summed E-state index contributed by atoms with van der Waals surface area (Å²) in [5.41, 5.74) is 1.46. The summed E-state index contributed by atoms with van der Waals surface area (Å²) in [7, 11) is 0. The van der Waals surface area contributed by atoms with Gasteiger partial charge in [0.1, 0.15) is 11.9 Å². The van der Waals surface area contributed by atoms with Crippen molar-refractivity contribution in [1.82, 2.24) is 10.2 Å². The lowest BCUT2D eigenvalue weighted by Crippen LogP contribution is -1.83. The van der Waals surface area contributed by atoms with Crippen LogP contribution >= 0.6 is 0 Å². The summed E-state index contributed by atoms with van der Waals surface area (Å²) in [6, 6.07) is 4.56. The molecule has 3 nitrogen and oxygen atoms in total. The molecule has 0 atom stereocenters. The van der Waals surface area contributed by atoms with Gasteiger partial charge in [0, 0.05) is 5.39 Å². The number of nitrogens with one attached hydrogen (secondary N) is 1. The van der Waals surface area contributed by atoms with Crippen LogP contribution in [0.4, 0.5) is 4.39 Å². The van der Waals surface area contributed by atoms with Crippen LogP contribution < -0.4 is 0 Å². The van der Waals surface area contributed by atoms with Gasteiger partial charge in [-0.1, -0.05) is 0 Å². The molecule has 13 heavy (non-hydrogen) atoms. The zero-order chi connectivity index (χ0) is 9.42. The fraction of sp³-hybridized carbons (Fsp3) is 0.111. The van der Waals surface area contributed by atoms with Crippen LogP contribution in [-0.2, 0) is 0 Å². The summed E-state index contributed by atoms with van der Waals surface area (Å²) in [6.45, 7) is 1.78.